The van der Waals surface area contributed by atoms with Gasteiger partial charge in [0.1, 0.15) is 0 Å². The maximum Gasteiger partial charge on any atom is 0.191 e. The van der Waals surface area contributed by atoms with E-state index in [9.17, 15) is 0 Å². The number of hydrogen-bond donors (Lipinski definition) is 2. The fourth-order valence-corrected chi connectivity index (χ4v) is 4.46. The number of rotatable bonds is 8. The van der Waals surface area contributed by atoms with Crippen molar-refractivity contribution in [3.63, 3.8) is 0 Å². The van der Waals surface area contributed by atoms with Crippen LogP contribution in [0.4, 0.5) is 5.00 Å². The second kappa shape index (κ2) is 11.5. The molecule has 0 atom stereocenters. The zero-order valence-electron chi connectivity index (χ0n) is 16.7. The van der Waals surface area contributed by atoms with E-state index in [1.165, 1.54) is 30.8 Å². The summed E-state index contributed by atoms with van der Waals surface area (Å²) in [5.41, 5.74) is 0. The van der Waals surface area contributed by atoms with E-state index >= 15 is 0 Å². The number of unbranched alkanes of at least 4 members (excludes halogenated alkanes) is 1. The van der Waals surface area contributed by atoms with Gasteiger partial charge in [-0.2, -0.15) is 0 Å². The van der Waals surface area contributed by atoms with E-state index in [1.54, 1.807) is 0 Å². The zero-order valence-corrected chi connectivity index (χ0v) is 17.5. The molecule has 0 amide bonds. The summed E-state index contributed by atoms with van der Waals surface area (Å²) in [5.74, 6) is 0.985. The summed E-state index contributed by atoms with van der Waals surface area (Å²) >= 11 is 1.84. The Morgan fingerprint density at radius 1 is 1.22 bits per heavy atom. The Morgan fingerprint density at radius 3 is 2.74 bits per heavy atom. The Balaban J connectivity index is 1.34. The maximum atomic E-state index is 5.40. The number of hydrogen-bond acceptors (Lipinski definition) is 5. The molecule has 3 rings (SSSR count). The van der Waals surface area contributed by atoms with Crippen LogP contribution in [-0.4, -0.2) is 75.9 Å². The van der Waals surface area contributed by atoms with Gasteiger partial charge in [-0.15, -0.1) is 11.3 Å². The van der Waals surface area contributed by atoms with Gasteiger partial charge in [-0.3, -0.25) is 9.89 Å². The van der Waals surface area contributed by atoms with Gasteiger partial charge in [-0.05, 0) is 56.7 Å². The fourth-order valence-electron chi connectivity index (χ4n) is 3.67. The molecule has 2 saturated heterocycles. The van der Waals surface area contributed by atoms with Crippen LogP contribution in [0.25, 0.3) is 0 Å². The van der Waals surface area contributed by atoms with Crippen molar-refractivity contribution in [1.29, 1.82) is 0 Å². The van der Waals surface area contributed by atoms with Crippen LogP contribution in [0.5, 0.6) is 0 Å². The first-order valence-corrected chi connectivity index (χ1v) is 11.4. The molecular formula is C20H35N5OS. The molecule has 1 aromatic rings. The lowest BCUT2D eigenvalue weighted by atomic mass is 10.1. The number of guanidine groups is 1. The Hall–Kier alpha value is -1.31. The van der Waals surface area contributed by atoms with Crippen LogP contribution in [-0.2, 0) is 4.74 Å². The monoisotopic (exact) mass is 393 g/mol. The predicted molar refractivity (Wildman–Crippen MR) is 115 cm³/mol. The van der Waals surface area contributed by atoms with Gasteiger partial charge in [0.15, 0.2) is 5.96 Å². The molecule has 27 heavy (non-hydrogen) atoms. The normalized spacial score (nSPS) is 20.0. The minimum Gasteiger partial charge on any atom is -0.379 e. The summed E-state index contributed by atoms with van der Waals surface area (Å²) in [4.78, 5) is 9.80. The van der Waals surface area contributed by atoms with Crippen molar-refractivity contribution in [2.45, 2.75) is 38.6 Å². The first-order valence-electron chi connectivity index (χ1n) is 10.5. The van der Waals surface area contributed by atoms with Crippen molar-refractivity contribution in [3.8, 4) is 0 Å². The highest BCUT2D eigenvalue weighted by Gasteiger charge is 2.20. The number of morpholine rings is 1. The molecule has 2 fully saturated rings. The number of piperidine rings is 1. The van der Waals surface area contributed by atoms with Crippen molar-refractivity contribution in [1.82, 2.24) is 15.5 Å². The third kappa shape index (κ3) is 6.97. The molecule has 0 radical (unpaired) electrons. The van der Waals surface area contributed by atoms with Crippen molar-refractivity contribution >= 4 is 22.3 Å². The molecule has 6 nitrogen and oxygen atoms in total. The molecule has 7 heteroatoms. The lowest BCUT2D eigenvalue weighted by Gasteiger charge is -2.33. The quantitative estimate of drug-likeness (QED) is 0.403. The van der Waals surface area contributed by atoms with Gasteiger partial charge in [-0.25, -0.2) is 0 Å². The highest BCUT2D eigenvalue weighted by atomic mass is 32.1. The standard InChI is InChI=1S/C20H35N5OS/c1-2-21-20(22-9-3-4-10-24-13-15-26-16-14-24)23-18-7-11-25(12-8-18)19-6-5-17-27-19/h5-6,17-18H,2-4,7-16H2,1H3,(H2,21,22,23). The fraction of sp³-hybridized carbons (Fsp3) is 0.750. The molecule has 0 aromatic carbocycles. The molecule has 0 aliphatic carbocycles. The minimum atomic E-state index is 0.521. The van der Waals surface area contributed by atoms with Crippen LogP contribution in [0.2, 0.25) is 0 Å². The van der Waals surface area contributed by atoms with E-state index in [0.29, 0.717) is 6.04 Å². The molecule has 3 heterocycles. The second-order valence-corrected chi connectivity index (χ2v) is 8.20. The molecule has 0 unspecified atom stereocenters. The number of nitrogens with zero attached hydrogens (tertiary/aromatic N) is 3. The van der Waals surface area contributed by atoms with Crippen LogP contribution >= 0.6 is 11.3 Å². The molecule has 2 N–H and O–H groups in total. The SMILES string of the molecule is CCNC(=NCCCCN1CCOCC1)NC1CCN(c2cccs2)CC1. The Bertz CT molecular complexity index is 537. The van der Waals surface area contributed by atoms with Crippen molar-refractivity contribution in [2.24, 2.45) is 4.99 Å². The van der Waals surface area contributed by atoms with Crippen LogP contribution in [0, 0.1) is 0 Å². The average Bonchev–Trinajstić information content (AvgIpc) is 3.24. The van der Waals surface area contributed by atoms with E-state index in [-0.39, 0.29) is 0 Å². The smallest absolute Gasteiger partial charge is 0.191 e. The maximum absolute atomic E-state index is 5.40. The largest absolute Gasteiger partial charge is 0.379 e. The van der Waals surface area contributed by atoms with Gasteiger partial charge >= 0.3 is 0 Å². The van der Waals surface area contributed by atoms with E-state index in [2.05, 4.69) is 44.9 Å². The number of anilines is 1. The molecule has 2 aliphatic rings. The van der Waals surface area contributed by atoms with Crippen LogP contribution in [0.1, 0.15) is 32.6 Å². The zero-order chi connectivity index (χ0) is 18.7. The topological polar surface area (TPSA) is 52.1 Å². The van der Waals surface area contributed by atoms with Gasteiger partial charge in [0, 0.05) is 45.3 Å². The summed E-state index contributed by atoms with van der Waals surface area (Å²) in [6, 6.07) is 4.88. The van der Waals surface area contributed by atoms with E-state index in [4.69, 9.17) is 9.73 Å². The molecule has 0 saturated carbocycles. The predicted octanol–water partition coefficient (Wildman–Crippen LogP) is 2.38. The molecule has 152 valence electrons. The lowest BCUT2D eigenvalue weighted by Crippen LogP contribution is -2.48. The Morgan fingerprint density at radius 2 is 2.04 bits per heavy atom. The summed E-state index contributed by atoms with van der Waals surface area (Å²) in [7, 11) is 0. The van der Waals surface area contributed by atoms with Crippen molar-refractivity contribution in [3.05, 3.63) is 17.5 Å². The van der Waals surface area contributed by atoms with Gasteiger partial charge < -0.3 is 20.3 Å². The van der Waals surface area contributed by atoms with Gasteiger partial charge in [0.2, 0.25) is 0 Å². The first-order chi connectivity index (χ1) is 13.3. The summed E-state index contributed by atoms with van der Waals surface area (Å²) in [5, 5.41) is 10.6. The third-order valence-electron chi connectivity index (χ3n) is 5.25. The average molecular weight is 394 g/mol. The van der Waals surface area contributed by atoms with E-state index in [0.717, 1.165) is 64.9 Å². The number of ether oxygens (including phenoxy) is 1. The minimum absolute atomic E-state index is 0.521. The Labute approximate surface area is 168 Å². The highest BCUT2D eigenvalue weighted by Crippen LogP contribution is 2.24. The Kier molecular flexibility index (Phi) is 8.71. The van der Waals surface area contributed by atoms with Crippen LogP contribution in [0.3, 0.4) is 0 Å². The summed E-state index contributed by atoms with van der Waals surface area (Å²) in [6.45, 7) is 11.3. The van der Waals surface area contributed by atoms with Crippen LogP contribution < -0.4 is 15.5 Å². The molecular weight excluding hydrogens is 358 g/mol. The molecule has 0 bridgehead atoms. The summed E-state index contributed by atoms with van der Waals surface area (Å²) < 4.78 is 5.40. The highest BCUT2D eigenvalue weighted by molar-refractivity contribution is 7.14. The number of nitrogens with one attached hydrogen (secondary N) is 2. The summed E-state index contributed by atoms with van der Waals surface area (Å²) in [6.07, 6.45) is 4.69. The molecule has 2 aliphatic heterocycles. The molecule has 0 spiro atoms. The van der Waals surface area contributed by atoms with Crippen molar-refractivity contribution < 1.29 is 4.74 Å². The third-order valence-corrected chi connectivity index (χ3v) is 6.18. The van der Waals surface area contributed by atoms with Gasteiger partial charge in [0.25, 0.3) is 0 Å². The van der Waals surface area contributed by atoms with Crippen LogP contribution in [0.15, 0.2) is 22.5 Å². The molecule has 1 aromatic heterocycles. The van der Waals surface area contributed by atoms with E-state index < -0.39 is 0 Å². The number of thiophene rings is 1. The second-order valence-electron chi connectivity index (χ2n) is 7.28. The lowest BCUT2D eigenvalue weighted by molar-refractivity contribution is 0.0373. The van der Waals surface area contributed by atoms with Crippen molar-refractivity contribution in [2.75, 3.05) is 63.9 Å². The van der Waals surface area contributed by atoms with Gasteiger partial charge in [0.05, 0.1) is 18.2 Å². The first kappa shape index (κ1) is 20.4. The van der Waals surface area contributed by atoms with Gasteiger partial charge in [-0.1, -0.05) is 0 Å². The van der Waals surface area contributed by atoms with E-state index in [1.807, 2.05) is 11.3 Å². The number of aliphatic imine (C=N–C) groups is 1.